The molecule has 0 saturated heterocycles. The number of aliphatic hydroxyl groups excluding tert-OH is 1. The molecule has 6 heteroatoms. The fourth-order valence-electron chi connectivity index (χ4n) is 0.917. The van der Waals surface area contributed by atoms with Crippen LogP contribution in [0.1, 0.15) is 13.3 Å². The Bertz CT molecular complexity index is 307. The fourth-order valence-corrected chi connectivity index (χ4v) is 1.05. The van der Waals surface area contributed by atoms with Crippen LogP contribution in [-0.4, -0.2) is 27.7 Å². The minimum absolute atomic E-state index is 0.0194. The Morgan fingerprint density at radius 1 is 1.71 bits per heavy atom. The van der Waals surface area contributed by atoms with Gasteiger partial charge in [-0.25, -0.2) is 9.37 Å². The summed E-state index contributed by atoms with van der Waals surface area (Å²) >= 11 is 5.50. The highest BCUT2D eigenvalue weighted by Gasteiger charge is 2.10. The molecule has 1 atom stereocenters. The number of anilines is 1. The molecule has 0 saturated carbocycles. The predicted molar refractivity (Wildman–Crippen MR) is 51.8 cm³/mol. The highest BCUT2D eigenvalue weighted by Crippen LogP contribution is 2.13. The highest BCUT2D eigenvalue weighted by atomic mass is 35.5. The number of halogens is 2. The third-order valence-corrected chi connectivity index (χ3v) is 1.95. The molecule has 78 valence electrons. The van der Waals surface area contributed by atoms with Gasteiger partial charge in [0.15, 0.2) is 11.6 Å². The lowest BCUT2D eigenvalue weighted by molar-refractivity contribution is 0.271. The molecule has 1 heterocycles. The van der Waals surface area contributed by atoms with E-state index in [0.29, 0.717) is 6.42 Å². The zero-order chi connectivity index (χ0) is 10.6. The van der Waals surface area contributed by atoms with E-state index in [9.17, 15) is 4.39 Å². The average molecular weight is 220 g/mol. The smallest absolute Gasteiger partial charge is 0.224 e. The van der Waals surface area contributed by atoms with Crippen LogP contribution in [0.4, 0.5) is 10.2 Å². The first kappa shape index (κ1) is 11.1. The van der Waals surface area contributed by atoms with Crippen molar-refractivity contribution in [1.29, 1.82) is 0 Å². The Hall–Kier alpha value is -0.940. The molecule has 14 heavy (non-hydrogen) atoms. The van der Waals surface area contributed by atoms with Crippen LogP contribution in [-0.2, 0) is 0 Å². The van der Waals surface area contributed by atoms with Crippen LogP contribution >= 0.6 is 11.6 Å². The maximum atomic E-state index is 13.1. The molecule has 0 aliphatic carbocycles. The van der Waals surface area contributed by atoms with Gasteiger partial charge < -0.3 is 10.4 Å². The largest absolute Gasteiger partial charge is 0.394 e. The predicted octanol–water partition coefficient (Wildman–Crippen LogP) is 1.45. The maximum Gasteiger partial charge on any atom is 0.224 e. The lowest BCUT2D eigenvalue weighted by Gasteiger charge is -2.14. The summed E-state index contributed by atoms with van der Waals surface area (Å²) in [5, 5.41) is 11.6. The topological polar surface area (TPSA) is 58.0 Å². The first-order valence-electron chi connectivity index (χ1n) is 4.22. The van der Waals surface area contributed by atoms with Gasteiger partial charge >= 0.3 is 0 Å². The second-order valence-electron chi connectivity index (χ2n) is 2.77. The number of nitrogens with one attached hydrogen (secondary N) is 1. The summed E-state index contributed by atoms with van der Waals surface area (Å²) in [7, 11) is 0. The van der Waals surface area contributed by atoms with Gasteiger partial charge in [-0.3, -0.25) is 0 Å². The van der Waals surface area contributed by atoms with Crippen LogP contribution in [0.25, 0.3) is 0 Å². The molecule has 4 nitrogen and oxygen atoms in total. The standard InChI is InChI=1S/C8H11ClFN3O/c1-2-5(4-14)12-7-6(10)3-11-8(9)13-7/h3,5,14H,2,4H2,1H3,(H,11,12,13)/t5-/m0/s1. The molecular weight excluding hydrogens is 209 g/mol. The zero-order valence-electron chi connectivity index (χ0n) is 7.67. The van der Waals surface area contributed by atoms with Crippen molar-refractivity contribution in [2.24, 2.45) is 0 Å². The van der Waals surface area contributed by atoms with Crippen molar-refractivity contribution in [2.75, 3.05) is 11.9 Å². The first-order valence-corrected chi connectivity index (χ1v) is 4.60. The van der Waals surface area contributed by atoms with Crippen molar-refractivity contribution in [3.05, 3.63) is 17.3 Å². The van der Waals surface area contributed by atoms with E-state index in [1.54, 1.807) is 0 Å². The zero-order valence-corrected chi connectivity index (χ0v) is 8.42. The van der Waals surface area contributed by atoms with Crippen molar-refractivity contribution in [1.82, 2.24) is 9.97 Å². The molecule has 0 aliphatic rings. The third-order valence-electron chi connectivity index (χ3n) is 1.77. The quantitative estimate of drug-likeness (QED) is 0.753. The highest BCUT2D eigenvalue weighted by molar-refractivity contribution is 6.28. The van der Waals surface area contributed by atoms with Crippen LogP contribution in [0, 0.1) is 5.82 Å². The van der Waals surface area contributed by atoms with Gasteiger partial charge in [0.25, 0.3) is 0 Å². The van der Waals surface area contributed by atoms with Crippen LogP contribution in [0.5, 0.6) is 0 Å². The Labute approximate surface area is 86.1 Å². The van der Waals surface area contributed by atoms with Gasteiger partial charge in [-0.15, -0.1) is 0 Å². The molecule has 0 aliphatic heterocycles. The van der Waals surface area contributed by atoms with E-state index in [0.717, 1.165) is 6.20 Å². The summed E-state index contributed by atoms with van der Waals surface area (Å²) in [6.07, 6.45) is 1.65. The molecular formula is C8H11ClFN3O. The van der Waals surface area contributed by atoms with Crippen LogP contribution < -0.4 is 5.32 Å². The summed E-state index contributed by atoms with van der Waals surface area (Å²) in [4.78, 5) is 7.14. The Balaban J connectivity index is 2.79. The van der Waals surface area contributed by atoms with Gasteiger partial charge in [0, 0.05) is 0 Å². The summed E-state index contributed by atoms with van der Waals surface area (Å²) in [6, 6.07) is -0.226. The Morgan fingerprint density at radius 3 is 3.00 bits per heavy atom. The van der Waals surface area contributed by atoms with Crippen LogP contribution in [0.2, 0.25) is 5.28 Å². The summed E-state index contributed by atoms with van der Waals surface area (Å²) in [5.41, 5.74) is 0. The fraction of sp³-hybridized carbons (Fsp3) is 0.500. The van der Waals surface area contributed by atoms with Crippen LogP contribution in [0.3, 0.4) is 0 Å². The average Bonchev–Trinajstić information content (AvgIpc) is 2.19. The van der Waals surface area contributed by atoms with Crippen molar-refractivity contribution in [3.63, 3.8) is 0 Å². The van der Waals surface area contributed by atoms with Crippen molar-refractivity contribution < 1.29 is 9.50 Å². The van der Waals surface area contributed by atoms with E-state index < -0.39 is 5.82 Å². The summed E-state index contributed by atoms with van der Waals surface area (Å²) in [5.74, 6) is -0.563. The minimum atomic E-state index is -0.582. The van der Waals surface area contributed by atoms with Gasteiger partial charge in [-0.05, 0) is 18.0 Å². The monoisotopic (exact) mass is 219 g/mol. The van der Waals surface area contributed by atoms with Gasteiger partial charge in [-0.1, -0.05) is 6.92 Å². The lowest BCUT2D eigenvalue weighted by atomic mass is 10.2. The molecule has 1 aromatic rings. The molecule has 0 fully saturated rings. The number of aliphatic hydroxyl groups is 1. The second kappa shape index (κ2) is 5.07. The molecule has 1 aromatic heterocycles. The van der Waals surface area contributed by atoms with E-state index in [1.165, 1.54) is 0 Å². The van der Waals surface area contributed by atoms with Gasteiger partial charge in [0.2, 0.25) is 5.28 Å². The molecule has 0 radical (unpaired) electrons. The number of rotatable bonds is 4. The van der Waals surface area contributed by atoms with E-state index in [4.69, 9.17) is 16.7 Å². The summed E-state index contributed by atoms with van der Waals surface area (Å²) in [6.45, 7) is 1.78. The molecule has 2 N–H and O–H groups in total. The van der Waals surface area contributed by atoms with Crippen molar-refractivity contribution in [2.45, 2.75) is 19.4 Å². The lowest BCUT2D eigenvalue weighted by Crippen LogP contribution is -2.24. The Kier molecular flexibility index (Phi) is 4.03. The number of hydrogen-bond donors (Lipinski definition) is 2. The van der Waals surface area contributed by atoms with E-state index in [-0.39, 0.29) is 23.8 Å². The normalized spacial score (nSPS) is 12.6. The molecule has 0 aromatic carbocycles. The maximum absolute atomic E-state index is 13.1. The number of nitrogens with zero attached hydrogens (tertiary/aromatic N) is 2. The van der Waals surface area contributed by atoms with E-state index in [1.807, 2.05) is 6.92 Å². The molecule has 0 spiro atoms. The van der Waals surface area contributed by atoms with Gasteiger partial charge in [0.05, 0.1) is 18.8 Å². The second-order valence-corrected chi connectivity index (χ2v) is 3.11. The molecule has 0 unspecified atom stereocenters. The molecule has 1 rings (SSSR count). The van der Waals surface area contributed by atoms with Crippen molar-refractivity contribution in [3.8, 4) is 0 Å². The first-order chi connectivity index (χ1) is 6.67. The third kappa shape index (κ3) is 2.78. The minimum Gasteiger partial charge on any atom is -0.394 e. The van der Waals surface area contributed by atoms with Crippen LogP contribution in [0.15, 0.2) is 6.20 Å². The molecule has 0 bridgehead atoms. The van der Waals surface area contributed by atoms with Gasteiger partial charge in [0.1, 0.15) is 0 Å². The van der Waals surface area contributed by atoms with E-state index in [2.05, 4.69) is 15.3 Å². The Morgan fingerprint density at radius 2 is 2.43 bits per heavy atom. The van der Waals surface area contributed by atoms with Crippen molar-refractivity contribution >= 4 is 17.4 Å². The number of aromatic nitrogens is 2. The summed E-state index contributed by atoms with van der Waals surface area (Å²) < 4.78 is 13.1. The SMILES string of the molecule is CC[C@@H](CO)Nc1nc(Cl)ncc1F. The molecule has 0 amide bonds. The van der Waals surface area contributed by atoms with Gasteiger partial charge in [-0.2, -0.15) is 4.98 Å². The van der Waals surface area contributed by atoms with E-state index >= 15 is 0 Å². The number of hydrogen-bond acceptors (Lipinski definition) is 4.